The van der Waals surface area contributed by atoms with Crippen LogP contribution in [0.15, 0.2) is 132 Å². The number of hydrogen-bond donors (Lipinski definition) is 0. The summed E-state index contributed by atoms with van der Waals surface area (Å²) in [6.07, 6.45) is -0.0592. The maximum atomic E-state index is 13.0. The summed E-state index contributed by atoms with van der Waals surface area (Å²) >= 11 is 0. The summed E-state index contributed by atoms with van der Waals surface area (Å²) in [5.41, 5.74) is 0. The van der Waals surface area contributed by atoms with Crippen molar-refractivity contribution in [1.29, 1.82) is 0 Å². The topological polar surface area (TPSA) is 48.7 Å². The molecule has 0 radical (unpaired) electrons. The highest BCUT2D eigenvalue weighted by molar-refractivity contribution is 7.00. The van der Waals surface area contributed by atoms with Crippen molar-refractivity contribution in [2.45, 2.75) is 64.6 Å². The van der Waals surface area contributed by atoms with Gasteiger partial charge in [0.25, 0.3) is 8.32 Å². The molecule has 0 aliphatic carbocycles. The summed E-state index contributed by atoms with van der Waals surface area (Å²) in [7, 11) is -5.95. The Labute approximate surface area is 270 Å². The lowest BCUT2D eigenvalue weighted by molar-refractivity contribution is -0.114. The van der Waals surface area contributed by atoms with Crippen molar-refractivity contribution in [1.82, 2.24) is 0 Å². The van der Waals surface area contributed by atoms with Gasteiger partial charge in [-0.05, 0) is 37.7 Å². The second-order valence-corrected chi connectivity index (χ2v) is 22.1. The van der Waals surface area contributed by atoms with E-state index in [1.807, 2.05) is 61.5 Å². The van der Waals surface area contributed by atoms with E-state index < -0.39 is 22.7 Å². The van der Waals surface area contributed by atoms with Crippen LogP contribution < -0.4 is 25.2 Å². The average molecular weight is 633 g/mol. The van der Waals surface area contributed by atoms with E-state index in [0.29, 0.717) is 17.3 Å². The summed E-state index contributed by atoms with van der Waals surface area (Å²) in [5, 5.41) is 4.01. The third-order valence-corrected chi connectivity index (χ3v) is 18.6. The molecule has 0 aliphatic heterocycles. The zero-order valence-corrected chi connectivity index (χ0v) is 29.4. The van der Waals surface area contributed by atoms with Crippen molar-refractivity contribution in [3.63, 3.8) is 0 Å². The Kier molecular flexibility index (Phi) is 9.22. The molecular formula is C39H44O4Si2. The normalized spacial score (nSPS) is 13.3. The third kappa shape index (κ3) is 6.02. The van der Waals surface area contributed by atoms with Crippen molar-refractivity contribution in [2.75, 3.05) is 0 Å². The largest absolute Gasteiger partial charge is 0.532 e. The molecule has 0 saturated carbocycles. The minimum Gasteiger partial charge on any atom is -0.532 e. The lowest BCUT2D eigenvalue weighted by atomic mass is 10.2. The number of carbonyl (C=O) groups excluding carboxylic acids is 1. The van der Waals surface area contributed by atoms with Gasteiger partial charge in [-0.15, -0.1) is 0 Å². The van der Waals surface area contributed by atoms with Gasteiger partial charge in [0.05, 0.1) is 0 Å². The molecule has 4 nitrogen and oxygen atoms in total. The van der Waals surface area contributed by atoms with Crippen molar-refractivity contribution in [2.24, 2.45) is 0 Å². The SMILES string of the molecule is Cc1oc([C@H](C=O)O[Si](c2ccccc2)(c2ccccc2)C(C)(C)C)cc1O[Si](c1ccccc1)(c1ccccc1)C(C)(C)C. The summed E-state index contributed by atoms with van der Waals surface area (Å²) in [5.74, 6) is 1.71. The van der Waals surface area contributed by atoms with E-state index >= 15 is 0 Å². The highest BCUT2D eigenvalue weighted by Gasteiger charge is 2.54. The Morgan fingerprint density at radius 1 is 0.600 bits per heavy atom. The lowest BCUT2D eigenvalue weighted by Crippen LogP contribution is -2.68. The van der Waals surface area contributed by atoms with Gasteiger partial charge in [-0.2, -0.15) is 0 Å². The summed E-state index contributed by atoms with van der Waals surface area (Å²) in [6, 6.07) is 43.6. The summed E-state index contributed by atoms with van der Waals surface area (Å²) in [4.78, 5) is 13.0. The second kappa shape index (κ2) is 12.8. The van der Waals surface area contributed by atoms with Gasteiger partial charge in [-0.3, -0.25) is 4.79 Å². The van der Waals surface area contributed by atoms with Crippen LogP contribution >= 0.6 is 0 Å². The number of hydrogen-bond acceptors (Lipinski definition) is 4. The number of benzene rings is 4. The van der Waals surface area contributed by atoms with Gasteiger partial charge in [0, 0.05) is 6.07 Å². The fourth-order valence-corrected chi connectivity index (χ4v) is 15.6. The fraction of sp³-hybridized carbons (Fsp3) is 0.256. The van der Waals surface area contributed by atoms with Crippen LogP contribution in [0.2, 0.25) is 10.1 Å². The van der Waals surface area contributed by atoms with Gasteiger partial charge in [0.15, 0.2) is 12.4 Å². The Morgan fingerprint density at radius 2 is 0.956 bits per heavy atom. The van der Waals surface area contributed by atoms with Gasteiger partial charge < -0.3 is 13.3 Å². The highest BCUT2D eigenvalue weighted by Crippen LogP contribution is 2.42. The predicted octanol–water partition coefficient (Wildman–Crippen LogP) is 7.34. The third-order valence-electron chi connectivity index (χ3n) is 8.70. The molecule has 45 heavy (non-hydrogen) atoms. The van der Waals surface area contributed by atoms with E-state index in [2.05, 4.69) is 114 Å². The number of aldehydes is 1. The van der Waals surface area contributed by atoms with E-state index in [9.17, 15) is 4.79 Å². The van der Waals surface area contributed by atoms with Crippen LogP contribution in [0.25, 0.3) is 0 Å². The Balaban J connectivity index is 1.63. The molecule has 1 aromatic heterocycles. The molecule has 4 aromatic carbocycles. The van der Waals surface area contributed by atoms with Crippen molar-refractivity contribution in [3.8, 4) is 5.75 Å². The van der Waals surface area contributed by atoms with Gasteiger partial charge in [-0.25, -0.2) is 0 Å². The van der Waals surface area contributed by atoms with E-state index in [0.717, 1.165) is 16.7 Å². The first kappa shape index (κ1) is 32.4. The maximum Gasteiger partial charge on any atom is 0.320 e. The van der Waals surface area contributed by atoms with Crippen LogP contribution in [0.1, 0.15) is 59.2 Å². The molecular weight excluding hydrogens is 589 g/mol. The molecule has 0 aliphatic rings. The lowest BCUT2D eigenvalue weighted by Gasteiger charge is -2.44. The van der Waals surface area contributed by atoms with Crippen LogP contribution in [-0.4, -0.2) is 22.9 Å². The number of carbonyl (C=O) groups is 1. The average Bonchev–Trinajstić information content (AvgIpc) is 3.40. The van der Waals surface area contributed by atoms with Gasteiger partial charge in [0.1, 0.15) is 17.3 Å². The Hall–Kier alpha value is -3.98. The number of furan rings is 1. The Bertz CT molecular complexity index is 1610. The summed E-state index contributed by atoms with van der Waals surface area (Å²) < 4.78 is 20.9. The molecule has 232 valence electrons. The number of rotatable bonds is 10. The molecule has 0 bridgehead atoms. The molecule has 5 aromatic rings. The highest BCUT2D eigenvalue weighted by atomic mass is 28.4. The predicted molar refractivity (Wildman–Crippen MR) is 189 cm³/mol. The molecule has 1 heterocycles. The number of aryl methyl sites for hydroxylation is 1. The van der Waals surface area contributed by atoms with E-state index in [1.54, 1.807) is 0 Å². The molecule has 0 saturated heterocycles. The van der Waals surface area contributed by atoms with E-state index in [1.165, 1.54) is 10.4 Å². The van der Waals surface area contributed by atoms with E-state index in [4.69, 9.17) is 13.3 Å². The molecule has 6 heteroatoms. The molecule has 0 N–H and O–H groups in total. The molecule has 0 unspecified atom stereocenters. The van der Waals surface area contributed by atoms with Crippen molar-refractivity contribution in [3.05, 3.63) is 139 Å². The van der Waals surface area contributed by atoms with Crippen LogP contribution in [-0.2, 0) is 9.22 Å². The second-order valence-electron chi connectivity index (χ2n) is 13.7. The van der Waals surface area contributed by atoms with Crippen LogP contribution in [0.5, 0.6) is 5.75 Å². The van der Waals surface area contributed by atoms with Crippen molar-refractivity contribution < 1.29 is 18.1 Å². The van der Waals surface area contributed by atoms with Gasteiger partial charge >= 0.3 is 8.32 Å². The minimum atomic E-state index is -3.03. The fourth-order valence-electron chi connectivity index (χ4n) is 6.58. The van der Waals surface area contributed by atoms with Gasteiger partial charge in [-0.1, -0.05) is 163 Å². The quantitative estimate of drug-likeness (QED) is 0.119. The minimum absolute atomic E-state index is 0.227. The Morgan fingerprint density at radius 3 is 1.29 bits per heavy atom. The van der Waals surface area contributed by atoms with Crippen LogP contribution in [0.3, 0.4) is 0 Å². The smallest absolute Gasteiger partial charge is 0.320 e. The standard InChI is InChI=1S/C39H44O4Si2/c1-30-35(42-44(38(2,3)4,31-20-12-8-13-21-31)32-22-14-9-15-23-32)28-36(41-30)37(29-40)43-45(39(5,6)7,33-24-16-10-17-25-33)34-26-18-11-19-27-34/h8-29,37H,1-7H3/t37-/m0/s1. The monoisotopic (exact) mass is 632 g/mol. The first-order chi connectivity index (χ1) is 21.4. The van der Waals surface area contributed by atoms with Gasteiger partial charge in [0.2, 0.25) is 0 Å². The van der Waals surface area contributed by atoms with Crippen LogP contribution in [0, 0.1) is 6.92 Å². The zero-order chi connectivity index (χ0) is 32.3. The first-order valence-electron chi connectivity index (χ1n) is 15.6. The molecule has 0 amide bonds. The first-order valence-corrected chi connectivity index (χ1v) is 19.4. The molecule has 5 rings (SSSR count). The maximum absolute atomic E-state index is 13.0. The summed E-state index contributed by atoms with van der Waals surface area (Å²) in [6.45, 7) is 15.2. The van der Waals surface area contributed by atoms with Crippen LogP contribution in [0.4, 0.5) is 0 Å². The van der Waals surface area contributed by atoms with Crippen molar-refractivity contribution >= 4 is 43.7 Å². The van der Waals surface area contributed by atoms with E-state index in [-0.39, 0.29) is 10.1 Å². The molecule has 0 spiro atoms. The molecule has 0 fully saturated rings. The zero-order valence-electron chi connectivity index (χ0n) is 27.4. The molecule has 1 atom stereocenters.